The molecule has 0 heterocycles. The Morgan fingerprint density at radius 1 is 0.857 bits per heavy atom. The van der Waals surface area contributed by atoms with E-state index in [0.29, 0.717) is 11.5 Å². The van der Waals surface area contributed by atoms with E-state index in [4.69, 9.17) is 9.47 Å². The van der Waals surface area contributed by atoms with Crippen LogP contribution in [0.15, 0.2) is 60.7 Å². The number of hydrogen-bond donors (Lipinski definition) is 1. The summed E-state index contributed by atoms with van der Waals surface area (Å²) in [5.74, 6) is -0.950. The van der Waals surface area contributed by atoms with Crippen LogP contribution in [0.1, 0.15) is 6.42 Å². The Labute approximate surface area is 121 Å². The molecule has 0 bridgehead atoms. The summed E-state index contributed by atoms with van der Waals surface area (Å²) in [6, 6.07) is 16.7. The molecule has 2 aromatic carbocycles. The van der Waals surface area contributed by atoms with Crippen LogP contribution in [-0.2, 0) is 9.59 Å². The first-order chi connectivity index (χ1) is 10.1. The largest absolute Gasteiger partial charge is 0.426 e. The van der Waals surface area contributed by atoms with E-state index in [2.05, 4.69) is 0 Å². The first-order valence-electron chi connectivity index (χ1n) is 6.35. The van der Waals surface area contributed by atoms with Gasteiger partial charge in [0.15, 0.2) is 6.10 Å². The molecule has 2 rings (SSSR count). The zero-order valence-electron chi connectivity index (χ0n) is 11.1. The van der Waals surface area contributed by atoms with Gasteiger partial charge in [-0.25, -0.2) is 4.79 Å². The Kier molecular flexibility index (Phi) is 5.06. The van der Waals surface area contributed by atoms with E-state index >= 15 is 0 Å². The molecular formula is C16H14O5. The molecule has 0 amide bonds. The van der Waals surface area contributed by atoms with Gasteiger partial charge in [-0.05, 0) is 24.3 Å². The van der Waals surface area contributed by atoms with Gasteiger partial charge in [-0.2, -0.15) is 0 Å². The van der Waals surface area contributed by atoms with Crippen molar-refractivity contribution in [3.05, 3.63) is 60.7 Å². The zero-order valence-corrected chi connectivity index (χ0v) is 11.1. The first kappa shape index (κ1) is 14.7. The monoisotopic (exact) mass is 286 g/mol. The first-order valence-corrected chi connectivity index (χ1v) is 6.35. The molecule has 5 nitrogen and oxygen atoms in total. The predicted octanol–water partition coefficient (Wildman–Crippen LogP) is 1.95. The van der Waals surface area contributed by atoms with Gasteiger partial charge in [-0.1, -0.05) is 36.4 Å². The molecule has 0 spiro atoms. The minimum Gasteiger partial charge on any atom is -0.426 e. The summed E-state index contributed by atoms with van der Waals surface area (Å²) in [6.07, 6.45) is -2.04. The number of benzene rings is 2. The van der Waals surface area contributed by atoms with Crippen molar-refractivity contribution in [3.63, 3.8) is 0 Å². The lowest BCUT2D eigenvalue weighted by Gasteiger charge is -2.10. The van der Waals surface area contributed by atoms with E-state index in [9.17, 15) is 14.7 Å². The summed E-state index contributed by atoms with van der Waals surface area (Å²) in [5, 5.41) is 9.65. The number of rotatable bonds is 5. The number of esters is 2. The van der Waals surface area contributed by atoms with Crippen molar-refractivity contribution < 1.29 is 24.2 Å². The molecule has 108 valence electrons. The molecule has 1 N–H and O–H groups in total. The molecule has 1 unspecified atom stereocenters. The van der Waals surface area contributed by atoms with E-state index in [1.165, 1.54) is 0 Å². The summed E-state index contributed by atoms with van der Waals surface area (Å²) < 4.78 is 9.91. The van der Waals surface area contributed by atoms with Crippen molar-refractivity contribution in [2.45, 2.75) is 12.5 Å². The summed E-state index contributed by atoms with van der Waals surface area (Å²) in [6.45, 7) is 0. The van der Waals surface area contributed by atoms with Crippen LogP contribution in [0, 0.1) is 0 Å². The summed E-state index contributed by atoms with van der Waals surface area (Å²) in [7, 11) is 0. The molecule has 0 saturated carbocycles. The smallest absolute Gasteiger partial charge is 0.340 e. The van der Waals surface area contributed by atoms with Crippen LogP contribution in [0.4, 0.5) is 0 Å². The molecule has 0 aliphatic carbocycles. The molecule has 1 atom stereocenters. The molecule has 5 heteroatoms. The Morgan fingerprint density at radius 2 is 1.33 bits per heavy atom. The van der Waals surface area contributed by atoms with Crippen LogP contribution in [0.5, 0.6) is 11.5 Å². The van der Waals surface area contributed by atoms with Crippen LogP contribution in [0.3, 0.4) is 0 Å². The van der Waals surface area contributed by atoms with Gasteiger partial charge in [0.1, 0.15) is 11.5 Å². The van der Waals surface area contributed by atoms with Gasteiger partial charge in [0.2, 0.25) is 0 Å². The summed E-state index contributed by atoms with van der Waals surface area (Å²) >= 11 is 0. The lowest BCUT2D eigenvalue weighted by Crippen LogP contribution is -2.29. The third-order valence-electron chi connectivity index (χ3n) is 2.57. The number of para-hydroxylation sites is 2. The second-order valence-corrected chi connectivity index (χ2v) is 4.24. The molecule has 0 radical (unpaired) electrons. The maximum absolute atomic E-state index is 11.6. The van der Waals surface area contributed by atoms with E-state index in [-0.39, 0.29) is 0 Å². The topological polar surface area (TPSA) is 72.8 Å². The van der Waals surface area contributed by atoms with Crippen LogP contribution in [-0.4, -0.2) is 23.1 Å². The van der Waals surface area contributed by atoms with Crippen molar-refractivity contribution in [1.29, 1.82) is 0 Å². The van der Waals surface area contributed by atoms with Crippen molar-refractivity contribution in [2.24, 2.45) is 0 Å². The Morgan fingerprint density at radius 3 is 1.86 bits per heavy atom. The van der Waals surface area contributed by atoms with Gasteiger partial charge in [0, 0.05) is 0 Å². The van der Waals surface area contributed by atoms with Crippen LogP contribution in [0.2, 0.25) is 0 Å². The second kappa shape index (κ2) is 7.21. The Balaban J connectivity index is 1.84. The summed E-state index contributed by atoms with van der Waals surface area (Å²) in [4.78, 5) is 23.2. The molecule has 0 aliphatic rings. The third kappa shape index (κ3) is 4.74. The fraction of sp³-hybridized carbons (Fsp3) is 0.125. The third-order valence-corrected chi connectivity index (χ3v) is 2.57. The fourth-order valence-electron chi connectivity index (χ4n) is 1.58. The van der Waals surface area contributed by atoms with E-state index in [1.807, 2.05) is 0 Å². The number of carbonyl (C=O) groups excluding carboxylic acids is 2. The van der Waals surface area contributed by atoms with Crippen LogP contribution in [0.25, 0.3) is 0 Å². The lowest BCUT2D eigenvalue weighted by molar-refractivity contribution is -0.149. The molecule has 0 aromatic heterocycles. The minimum atomic E-state index is -1.57. The highest BCUT2D eigenvalue weighted by Crippen LogP contribution is 2.12. The molecular weight excluding hydrogens is 272 g/mol. The Bertz CT molecular complexity index is 595. The average molecular weight is 286 g/mol. The standard InChI is InChI=1S/C16H14O5/c17-14(16(19)21-13-9-5-2-6-10-13)11-15(18)20-12-7-3-1-4-8-12/h1-10,14,17H,11H2. The van der Waals surface area contributed by atoms with Crippen molar-refractivity contribution in [2.75, 3.05) is 0 Å². The van der Waals surface area contributed by atoms with Gasteiger partial charge in [0.25, 0.3) is 0 Å². The number of ether oxygens (including phenoxy) is 2. The van der Waals surface area contributed by atoms with E-state index < -0.39 is 24.5 Å². The van der Waals surface area contributed by atoms with E-state index in [0.717, 1.165) is 0 Å². The highest BCUT2D eigenvalue weighted by Gasteiger charge is 2.22. The SMILES string of the molecule is O=C(CC(O)C(=O)Oc1ccccc1)Oc1ccccc1. The maximum Gasteiger partial charge on any atom is 0.340 e. The maximum atomic E-state index is 11.6. The highest BCUT2D eigenvalue weighted by atomic mass is 16.6. The summed E-state index contributed by atoms with van der Waals surface area (Å²) in [5.41, 5.74) is 0. The Hall–Kier alpha value is -2.66. The van der Waals surface area contributed by atoms with Gasteiger partial charge in [-0.3, -0.25) is 4.79 Å². The second-order valence-electron chi connectivity index (χ2n) is 4.24. The van der Waals surface area contributed by atoms with Gasteiger partial charge >= 0.3 is 11.9 Å². The van der Waals surface area contributed by atoms with Crippen molar-refractivity contribution >= 4 is 11.9 Å². The van der Waals surface area contributed by atoms with Gasteiger partial charge < -0.3 is 14.6 Å². The average Bonchev–Trinajstić information content (AvgIpc) is 2.49. The van der Waals surface area contributed by atoms with Crippen molar-refractivity contribution in [3.8, 4) is 11.5 Å². The molecule has 21 heavy (non-hydrogen) atoms. The zero-order chi connectivity index (χ0) is 15.1. The number of aliphatic hydroxyl groups excluding tert-OH is 1. The molecule has 0 fully saturated rings. The highest BCUT2D eigenvalue weighted by molar-refractivity contribution is 5.83. The minimum absolute atomic E-state index is 0.304. The number of carbonyl (C=O) groups is 2. The number of hydrogen-bond acceptors (Lipinski definition) is 5. The van der Waals surface area contributed by atoms with Crippen LogP contribution >= 0.6 is 0 Å². The van der Waals surface area contributed by atoms with Crippen LogP contribution < -0.4 is 9.47 Å². The fourth-order valence-corrected chi connectivity index (χ4v) is 1.58. The lowest BCUT2D eigenvalue weighted by atomic mass is 10.2. The number of aliphatic hydroxyl groups is 1. The molecule has 2 aromatic rings. The molecule has 0 saturated heterocycles. The predicted molar refractivity (Wildman–Crippen MR) is 74.8 cm³/mol. The van der Waals surface area contributed by atoms with Gasteiger partial charge in [0.05, 0.1) is 6.42 Å². The van der Waals surface area contributed by atoms with Gasteiger partial charge in [-0.15, -0.1) is 0 Å². The normalized spacial score (nSPS) is 11.5. The van der Waals surface area contributed by atoms with Crippen molar-refractivity contribution in [1.82, 2.24) is 0 Å². The molecule has 0 aliphatic heterocycles. The van der Waals surface area contributed by atoms with E-state index in [1.54, 1.807) is 60.7 Å². The quantitative estimate of drug-likeness (QED) is 0.672.